The van der Waals surface area contributed by atoms with Crippen molar-refractivity contribution >= 4 is 22.6 Å². The highest BCUT2D eigenvalue weighted by molar-refractivity contribution is 6.35. The first kappa shape index (κ1) is 18.1. The monoisotopic (exact) mass is 398 g/mol. The highest BCUT2D eigenvalue weighted by atomic mass is 35.5. The van der Waals surface area contributed by atoms with Gasteiger partial charge in [0.25, 0.3) is 0 Å². The van der Waals surface area contributed by atoms with Crippen LogP contribution in [0.1, 0.15) is 36.1 Å². The molecule has 1 unspecified atom stereocenters. The summed E-state index contributed by atoms with van der Waals surface area (Å²) >= 11 is 6.28. The number of H-pyrrole nitrogens is 1. The Bertz CT molecular complexity index is 978. The standard InChI is InChI=1S/C21H23ClN4O2/c22-17-11-25-21-16(17)9-14(10-24-21)18-2-1-15(13-3-6-27-7-4-13)20(26-18)19-12-28-8-5-23-19/h1-2,9-11,13,19,23H,3-8,12H2,(H,24,25). The molecular weight excluding hydrogens is 376 g/mol. The van der Waals surface area contributed by atoms with Gasteiger partial charge in [-0.05, 0) is 36.5 Å². The normalized spacial score (nSPS) is 21.2. The Balaban J connectivity index is 1.57. The molecule has 2 aliphatic heterocycles. The number of aromatic amines is 1. The third-order valence-corrected chi connectivity index (χ3v) is 5.96. The van der Waals surface area contributed by atoms with Gasteiger partial charge >= 0.3 is 0 Å². The minimum Gasteiger partial charge on any atom is -0.381 e. The van der Waals surface area contributed by atoms with Gasteiger partial charge in [-0.15, -0.1) is 0 Å². The summed E-state index contributed by atoms with van der Waals surface area (Å²) in [7, 11) is 0. The van der Waals surface area contributed by atoms with Gasteiger partial charge in [0, 0.05) is 43.1 Å². The molecule has 0 saturated carbocycles. The largest absolute Gasteiger partial charge is 0.381 e. The van der Waals surface area contributed by atoms with Gasteiger partial charge in [-0.3, -0.25) is 4.98 Å². The fourth-order valence-corrected chi connectivity index (χ4v) is 4.33. The predicted molar refractivity (Wildman–Crippen MR) is 109 cm³/mol. The number of nitrogens with one attached hydrogen (secondary N) is 2. The van der Waals surface area contributed by atoms with E-state index in [0.29, 0.717) is 17.5 Å². The highest BCUT2D eigenvalue weighted by Gasteiger charge is 2.26. The fourth-order valence-electron chi connectivity index (χ4n) is 4.13. The minimum atomic E-state index is 0.110. The molecule has 3 aromatic rings. The van der Waals surface area contributed by atoms with E-state index in [9.17, 15) is 0 Å². The second-order valence-electron chi connectivity index (χ2n) is 7.40. The lowest BCUT2D eigenvalue weighted by atomic mass is 9.88. The summed E-state index contributed by atoms with van der Waals surface area (Å²) in [6.45, 7) is 3.86. The molecule has 2 saturated heterocycles. The molecule has 0 radical (unpaired) electrons. The Morgan fingerprint density at radius 1 is 1.11 bits per heavy atom. The number of halogens is 1. The molecule has 0 spiro atoms. The topological polar surface area (TPSA) is 72.1 Å². The molecule has 0 amide bonds. The minimum absolute atomic E-state index is 0.110. The van der Waals surface area contributed by atoms with Gasteiger partial charge in [-0.25, -0.2) is 4.98 Å². The Morgan fingerprint density at radius 3 is 2.82 bits per heavy atom. The molecule has 146 valence electrons. The SMILES string of the molecule is Clc1c[nH]c2ncc(-c3ccc(C4CCOCC4)c(C4COCCN4)n3)cc12. The quantitative estimate of drug-likeness (QED) is 0.701. The van der Waals surface area contributed by atoms with E-state index in [4.69, 9.17) is 26.1 Å². The predicted octanol–water partition coefficient (Wildman–Crippen LogP) is 3.83. The van der Waals surface area contributed by atoms with Gasteiger partial charge in [-0.1, -0.05) is 17.7 Å². The molecule has 0 aliphatic carbocycles. The molecule has 5 rings (SSSR count). The van der Waals surface area contributed by atoms with E-state index in [-0.39, 0.29) is 6.04 Å². The summed E-state index contributed by atoms with van der Waals surface area (Å²) in [5.41, 5.74) is 5.05. The third kappa shape index (κ3) is 3.42. The summed E-state index contributed by atoms with van der Waals surface area (Å²) in [5, 5.41) is 5.15. The van der Waals surface area contributed by atoms with Crippen LogP contribution in [-0.4, -0.2) is 47.9 Å². The van der Waals surface area contributed by atoms with Crippen molar-refractivity contribution in [3.05, 3.63) is 46.9 Å². The van der Waals surface area contributed by atoms with Gasteiger partial charge in [0.1, 0.15) is 5.65 Å². The van der Waals surface area contributed by atoms with E-state index in [0.717, 1.165) is 67.2 Å². The van der Waals surface area contributed by atoms with Gasteiger partial charge in [0.2, 0.25) is 0 Å². The maximum atomic E-state index is 6.28. The number of ether oxygens (including phenoxy) is 2. The zero-order chi connectivity index (χ0) is 18.9. The van der Waals surface area contributed by atoms with E-state index in [1.807, 2.05) is 12.3 Å². The Labute approximate surface area is 168 Å². The van der Waals surface area contributed by atoms with Crippen molar-refractivity contribution in [2.24, 2.45) is 0 Å². The van der Waals surface area contributed by atoms with E-state index < -0.39 is 0 Å². The molecule has 5 heterocycles. The Hall–Kier alpha value is -1.99. The van der Waals surface area contributed by atoms with Gasteiger partial charge in [-0.2, -0.15) is 0 Å². The zero-order valence-corrected chi connectivity index (χ0v) is 16.3. The van der Waals surface area contributed by atoms with Crippen molar-refractivity contribution in [3.63, 3.8) is 0 Å². The Morgan fingerprint density at radius 2 is 2.00 bits per heavy atom. The van der Waals surface area contributed by atoms with Crippen LogP contribution in [0.5, 0.6) is 0 Å². The number of nitrogens with zero attached hydrogens (tertiary/aromatic N) is 2. The van der Waals surface area contributed by atoms with Crippen molar-refractivity contribution in [1.29, 1.82) is 0 Å². The summed E-state index contributed by atoms with van der Waals surface area (Å²) in [5.74, 6) is 0.480. The van der Waals surface area contributed by atoms with Crippen molar-refractivity contribution in [2.45, 2.75) is 24.8 Å². The number of pyridine rings is 2. The molecule has 3 aromatic heterocycles. The van der Waals surface area contributed by atoms with Crippen molar-refractivity contribution in [2.75, 3.05) is 33.0 Å². The maximum absolute atomic E-state index is 6.28. The zero-order valence-electron chi connectivity index (χ0n) is 15.6. The summed E-state index contributed by atoms with van der Waals surface area (Å²) in [6, 6.07) is 6.49. The van der Waals surface area contributed by atoms with Crippen LogP contribution in [-0.2, 0) is 9.47 Å². The lowest BCUT2D eigenvalue weighted by molar-refractivity contribution is 0.0727. The molecule has 6 nitrogen and oxygen atoms in total. The van der Waals surface area contributed by atoms with Crippen LogP contribution in [0.3, 0.4) is 0 Å². The second kappa shape index (κ2) is 7.79. The molecule has 1 atom stereocenters. The fraction of sp³-hybridized carbons (Fsp3) is 0.429. The smallest absolute Gasteiger partial charge is 0.138 e. The first-order valence-electron chi connectivity index (χ1n) is 9.82. The maximum Gasteiger partial charge on any atom is 0.138 e. The van der Waals surface area contributed by atoms with E-state index in [1.165, 1.54) is 5.56 Å². The molecule has 2 aliphatic rings. The van der Waals surface area contributed by atoms with Crippen LogP contribution in [0.15, 0.2) is 30.6 Å². The van der Waals surface area contributed by atoms with Gasteiger partial charge in [0.05, 0.1) is 35.7 Å². The average Bonchev–Trinajstić information content (AvgIpc) is 3.15. The van der Waals surface area contributed by atoms with Crippen LogP contribution >= 0.6 is 11.6 Å². The second-order valence-corrected chi connectivity index (χ2v) is 7.80. The number of fused-ring (bicyclic) bond motifs is 1. The molecule has 28 heavy (non-hydrogen) atoms. The Kier molecular flexibility index (Phi) is 5.03. The number of aromatic nitrogens is 3. The number of hydrogen-bond acceptors (Lipinski definition) is 5. The van der Waals surface area contributed by atoms with Gasteiger partial charge in [0.15, 0.2) is 0 Å². The lowest BCUT2D eigenvalue weighted by Crippen LogP contribution is -2.36. The molecule has 7 heteroatoms. The highest BCUT2D eigenvalue weighted by Crippen LogP contribution is 2.34. The number of rotatable bonds is 3. The summed E-state index contributed by atoms with van der Waals surface area (Å²) in [4.78, 5) is 12.7. The van der Waals surface area contributed by atoms with Crippen LogP contribution in [0.4, 0.5) is 0 Å². The summed E-state index contributed by atoms with van der Waals surface area (Å²) < 4.78 is 11.3. The molecular formula is C21H23ClN4O2. The molecule has 2 N–H and O–H groups in total. The van der Waals surface area contributed by atoms with E-state index in [2.05, 4.69) is 27.4 Å². The van der Waals surface area contributed by atoms with Crippen molar-refractivity contribution in [3.8, 4) is 11.3 Å². The van der Waals surface area contributed by atoms with Crippen molar-refractivity contribution < 1.29 is 9.47 Å². The first-order chi connectivity index (χ1) is 13.8. The van der Waals surface area contributed by atoms with E-state index in [1.54, 1.807) is 6.20 Å². The van der Waals surface area contributed by atoms with Gasteiger partial charge < -0.3 is 19.8 Å². The van der Waals surface area contributed by atoms with Crippen LogP contribution in [0.2, 0.25) is 5.02 Å². The molecule has 2 fully saturated rings. The number of morpholine rings is 1. The third-order valence-electron chi connectivity index (χ3n) is 5.65. The molecule has 0 aromatic carbocycles. The first-order valence-corrected chi connectivity index (χ1v) is 10.2. The molecule has 0 bridgehead atoms. The summed E-state index contributed by atoms with van der Waals surface area (Å²) in [6.07, 6.45) is 5.68. The van der Waals surface area contributed by atoms with Crippen LogP contribution < -0.4 is 5.32 Å². The van der Waals surface area contributed by atoms with Crippen molar-refractivity contribution in [1.82, 2.24) is 20.3 Å². The van der Waals surface area contributed by atoms with Crippen LogP contribution in [0, 0.1) is 0 Å². The lowest BCUT2D eigenvalue weighted by Gasteiger charge is -2.29. The average molecular weight is 399 g/mol. The van der Waals surface area contributed by atoms with E-state index >= 15 is 0 Å². The number of hydrogen-bond donors (Lipinski definition) is 2. The van der Waals surface area contributed by atoms with Crippen LogP contribution in [0.25, 0.3) is 22.3 Å².